The van der Waals surface area contributed by atoms with E-state index in [1.807, 2.05) is 36.1 Å². The van der Waals surface area contributed by atoms with Crippen molar-refractivity contribution in [2.24, 2.45) is 0 Å². The van der Waals surface area contributed by atoms with E-state index >= 15 is 0 Å². The highest BCUT2D eigenvalue weighted by molar-refractivity contribution is 7.89. The lowest BCUT2D eigenvalue weighted by Crippen LogP contribution is -2.49. The summed E-state index contributed by atoms with van der Waals surface area (Å²) in [4.78, 5) is 22.5. The number of nitrogens with one attached hydrogen (secondary N) is 1. The molecule has 2 aromatic carbocycles. The number of benzene rings is 2. The first-order chi connectivity index (χ1) is 15.8. The van der Waals surface area contributed by atoms with E-state index in [0.717, 1.165) is 15.8 Å². The van der Waals surface area contributed by atoms with Crippen LogP contribution in [0, 0.1) is 6.92 Å². The molecule has 2 aromatic heterocycles. The van der Waals surface area contributed by atoms with Crippen LogP contribution >= 0.6 is 11.6 Å². The Morgan fingerprint density at radius 1 is 1.00 bits per heavy atom. The number of hydrogen-bond acceptors (Lipinski definition) is 6. The fraction of sp³-hybridized carbons (Fsp3) is 0.227. The van der Waals surface area contributed by atoms with Gasteiger partial charge < -0.3 is 9.88 Å². The fourth-order valence-corrected chi connectivity index (χ4v) is 5.53. The van der Waals surface area contributed by atoms with Gasteiger partial charge in [0.25, 0.3) is 5.56 Å². The molecule has 1 aliphatic rings. The maximum absolute atomic E-state index is 12.9. The smallest absolute Gasteiger partial charge is 0.295 e. The average Bonchev–Trinajstić information content (AvgIpc) is 3.25. The molecule has 0 spiro atoms. The number of H-pyrrole nitrogens is 1. The molecule has 33 heavy (non-hydrogen) atoms. The van der Waals surface area contributed by atoms with Gasteiger partial charge in [0.2, 0.25) is 16.0 Å². The van der Waals surface area contributed by atoms with Crippen molar-refractivity contribution in [3.63, 3.8) is 0 Å². The van der Waals surface area contributed by atoms with Gasteiger partial charge in [0.1, 0.15) is 5.02 Å². The van der Waals surface area contributed by atoms with Crippen molar-refractivity contribution in [1.82, 2.24) is 24.1 Å². The van der Waals surface area contributed by atoms with Crippen LogP contribution in [0.25, 0.3) is 17.0 Å². The molecule has 0 bridgehead atoms. The number of piperazine rings is 1. The second-order valence-corrected chi connectivity index (χ2v) is 10.2. The Labute approximate surface area is 195 Å². The minimum atomic E-state index is -3.58. The van der Waals surface area contributed by atoms with Crippen LogP contribution in [-0.2, 0) is 10.0 Å². The van der Waals surface area contributed by atoms with Gasteiger partial charge in [-0.3, -0.25) is 4.79 Å². The Kier molecular flexibility index (Phi) is 5.43. The quantitative estimate of drug-likeness (QED) is 0.477. The molecule has 0 unspecified atom stereocenters. The number of imidazole rings is 1. The van der Waals surface area contributed by atoms with E-state index < -0.39 is 15.6 Å². The molecular formula is C22H21ClN6O3S. The zero-order valence-electron chi connectivity index (χ0n) is 17.8. The molecule has 0 saturated carbocycles. The number of anilines is 1. The molecule has 0 amide bonds. The van der Waals surface area contributed by atoms with E-state index in [1.165, 1.54) is 10.5 Å². The van der Waals surface area contributed by atoms with Gasteiger partial charge in [0, 0.05) is 26.2 Å². The number of fused-ring (bicyclic) bond motifs is 1. The molecule has 170 valence electrons. The standard InChI is InChI=1S/C22H21ClN6O3S/c1-15-6-8-16(9-7-15)33(31,32)28-12-10-27(11-13-28)19-14-24-29(21(30)20(19)23)22-25-17-4-2-3-5-18(17)26-22/h2-9,14H,10-13H2,1H3,(H,25,26). The summed E-state index contributed by atoms with van der Waals surface area (Å²) < 4.78 is 28.5. The van der Waals surface area contributed by atoms with E-state index in [9.17, 15) is 13.2 Å². The van der Waals surface area contributed by atoms with Crippen molar-refractivity contribution in [3.8, 4) is 5.95 Å². The van der Waals surface area contributed by atoms with E-state index in [2.05, 4.69) is 15.1 Å². The molecule has 1 aliphatic heterocycles. The second kappa shape index (κ2) is 8.29. The van der Waals surface area contributed by atoms with Crippen LogP contribution in [0.4, 0.5) is 5.69 Å². The molecule has 1 saturated heterocycles. The van der Waals surface area contributed by atoms with Crippen molar-refractivity contribution in [1.29, 1.82) is 0 Å². The summed E-state index contributed by atoms with van der Waals surface area (Å²) in [7, 11) is -3.58. The first kappa shape index (κ1) is 21.6. The molecule has 11 heteroatoms. The van der Waals surface area contributed by atoms with Gasteiger partial charge in [-0.25, -0.2) is 13.4 Å². The van der Waals surface area contributed by atoms with Crippen molar-refractivity contribution in [2.75, 3.05) is 31.1 Å². The molecule has 0 atom stereocenters. The molecule has 1 N–H and O–H groups in total. The van der Waals surface area contributed by atoms with Crippen molar-refractivity contribution >= 4 is 38.3 Å². The molecule has 1 fully saturated rings. The number of hydrogen-bond donors (Lipinski definition) is 1. The van der Waals surface area contributed by atoms with Crippen LogP contribution in [0.1, 0.15) is 5.56 Å². The third-order valence-electron chi connectivity index (χ3n) is 5.72. The lowest BCUT2D eigenvalue weighted by Gasteiger charge is -2.35. The Morgan fingerprint density at radius 2 is 1.70 bits per heavy atom. The molecular weight excluding hydrogens is 464 g/mol. The van der Waals surface area contributed by atoms with Crippen LogP contribution in [0.3, 0.4) is 0 Å². The number of para-hydroxylation sites is 2. The number of aryl methyl sites for hydroxylation is 1. The van der Waals surface area contributed by atoms with Gasteiger partial charge in [-0.15, -0.1) is 0 Å². The molecule has 9 nitrogen and oxygen atoms in total. The maximum Gasteiger partial charge on any atom is 0.295 e. The van der Waals surface area contributed by atoms with Gasteiger partial charge >= 0.3 is 0 Å². The topological polar surface area (TPSA) is 104 Å². The van der Waals surface area contributed by atoms with Crippen LogP contribution in [0.2, 0.25) is 5.02 Å². The van der Waals surface area contributed by atoms with Crippen LogP contribution < -0.4 is 10.5 Å². The third kappa shape index (κ3) is 3.90. The van der Waals surface area contributed by atoms with E-state index in [0.29, 0.717) is 24.3 Å². The summed E-state index contributed by atoms with van der Waals surface area (Å²) >= 11 is 6.43. The van der Waals surface area contributed by atoms with E-state index in [4.69, 9.17) is 11.6 Å². The summed E-state index contributed by atoms with van der Waals surface area (Å²) in [6.07, 6.45) is 1.51. The lowest BCUT2D eigenvalue weighted by atomic mass is 10.2. The average molecular weight is 485 g/mol. The summed E-state index contributed by atoms with van der Waals surface area (Å²) in [6, 6.07) is 14.2. The summed E-state index contributed by atoms with van der Waals surface area (Å²) in [5.41, 5.74) is 2.47. The van der Waals surface area contributed by atoms with Gasteiger partial charge in [-0.05, 0) is 31.2 Å². The Bertz CT molecular complexity index is 1460. The van der Waals surface area contributed by atoms with E-state index in [-0.39, 0.29) is 29.0 Å². The van der Waals surface area contributed by atoms with Gasteiger partial charge in [0.15, 0.2) is 0 Å². The minimum Gasteiger partial charge on any atom is -0.366 e. The first-order valence-corrected chi connectivity index (χ1v) is 12.2. The highest BCUT2D eigenvalue weighted by Crippen LogP contribution is 2.25. The molecule has 4 aromatic rings. The van der Waals surface area contributed by atoms with Gasteiger partial charge in [0.05, 0.1) is 27.8 Å². The second-order valence-electron chi connectivity index (χ2n) is 7.84. The van der Waals surface area contributed by atoms with Crippen LogP contribution in [0.15, 0.2) is 64.4 Å². The SMILES string of the molecule is Cc1ccc(S(=O)(=O)N2CCN(c3cnn(-c4nc5ccccc5[nH]4)c(=O)c3Cl)CC2)cc1. The number of aromatic amines is 1. The van der Waals surface area contributed by atoms with Crippen molar-refractivity contribution in [3.05, 3.63) is 75.7 Å². The fourth-order valence-electron chi connectivity index (χ4n) is 3.86. The predicted molar refractivity (Wildman–Crippen MR) is 127 cm³/mol. The first-order valence-electron chi connectivity index (χ1n) is 10.4. The van der Waals surface area contributed by atoms with Crippen LogP contribution in [-0.4, -0.2) is 58.7 Å². The summed E-state index contributed by atoms with van der Waals surface area (Å²) in [5, 5.41) is 4.27. The predicted octanol–water partition coefficient (Wildman–Crippen LogP) is 2.58. The minimum absolute atomic E-state index is 0.0142. The summed E-state index contributed by atoms with van der Waals surface area (Å²) in [5.74, 6) is 0.281. The largest absolute Gasteiger partial charge is 0.366 e. The lowest BCUT2D eigenvalue weighted by molar-refractivity contribution is 0.384. The molecule has 0 radical (unpaired) electrons. The van der Waals surface area contributed by atoms with Gasteiger partial charge in [-0.1, -0.05) is 41.4 Å². The van der Waals surface area contributed by atoms with E-state index in [1.54, 1.807) is 24.3 Å². The zero-order valence-corrected chi connectivity index (χ0v) is 19.3. The Hall–Kier alpha value is -3.21. The van der Waals surface area contributed by atoms with Crippen molar-refractivity contribution in [2.45, 2.75) is 11.8 Å². The maximum atomic E-state index is 12.9. The number of nitrogens with zero attached hydrogens (tertiary/aromatic N) is 5. The third-order valence-corrected chi connectivity index (χ3v) is 7.98. The Balaban J connectivity index is 1.36. The number of halogens is 1. The molecule has 5 rings (SSSR count). The van der Waals surface area contributed by atoms with Gasteiger partial charge in [-0.2, -0.15) is 14.1 Å². The van der Waals surface area contributed by atoms with Crippen molar-refractivity contribution < 1.29 is 8.42 Å². The number of aromatic nitrogens is 4. The van der Waals surface area contributed by atoms with Crippen LogP contribution in [0.5, 0.6) is 0 Å². The Morgan fingerprint density at radius 3 is 2.39 bits per heavy atom. The number of sulfonamides is 1. The highest BCUT2D eigenvalue weighted by atomic mass is 35.5. The highest BCUT2D eigenvalue weighted by Gasteiger charge is 2.30. The zero-order chi connectivity index (χ0) is 23.2. The molecule has 3 heterocycles. The summed E-state index contributed by atoms with van der Waals surface area (Å²) in [6.45, 7) is 3.24. The number of rotatable bonds is 4. The molecule has 0 aliphatic carbocycles. The monoisotopic (exact) mass is 484 g/mol. The normalized spacial score (nSPS) is 15.3.